The van der Waals surface area contributed by atoms with Gasteiger partial charge < -0.3 is 28.8 Å². The molecule has 3 rings (SSSR count). The van der Waals surface area contributed by atoms with Crippen LogP contribution in [0.4, 0.5) is 0 Å². The van der Waals surface area contributed by atoms with Gasteiger partial charge in [0.1, 0.15) is 24.6 Å². The van der Waals surface area contributed by atoms with Gasteiger partial charge in [0.2, 0.25) is 5.79 Å². The van der Waals surface area contributed by atoms with Crippen LogP contribution in [0.25, 0.3) is 0 Å². The molecule has 3 heterocycles. The van der Waals surface area contributed by atoms with Crippen LogP contribution in [-0.2, 0) is 23.7 Å². The number of hydrogen-bond acceptors (Lipinski definition) is 6. The summed E-state index contributed by atoms with van der Waals surface area (Å²) in [5.41, 5.74) is 0. The number of ether oxygens (including phenoxy) is 5. The van der Waals surface area contributed by atoms with Gasteiger partial charge in [-0.25, -0.2) is 0 Å². The molecule has 0 aromatic rings. The SMILES string of the molecule is CC1(C)OC=C([C@H]2O[C@@H]3OC(C)(C)O[C@@H]3[C@@H]2O)O1. The highest BCUT2D eigenvalue weighted by Gasteiger charge is 2.56. The first kappa shape index (κ1) is 12.2. The molecule has 0 radical (unpaired) electrons. The summed E-state index contributed by atoms with van der Waals surface area (Å²) in [6.07, 6.45) is -1.05. The predicted molar refractivity (Wildman–Crippen MR) is 59.0 cm³/mol. The molecule has 0 bridgehead atoms. The molecule has 0 aliphatic carbocycles. The van der Waals surface area contributed by atoms with Crippen molar-refractivity contribution in [3.8, 4) is 0 Å². The Labute approximate surface area is 105 Å². The van der Waals surface area contributed by atoms with E-state index in [0.29, 0.717) is 5.76 Å². The van der Waals surface area contributed by atoms with Crippen molar-refractivity contribution in [3.63, 3.8) is 0 Å². The summed E-state index contributed by atoms with van der Waals surface area (Å²) in [5, 5.41) is 10.2. The van der Waals surface area contributed by atoms with Crippen molar-refractivity contribution in [1.82, 2.24) is 0 Å². The van der Waals surface area contributed by atoms with Crippen molar-refractivity contribution in [3.05, 3.63) is 12.0 Å². The molecule has 0 aromatic carbocycles. The van der Waals surface area contributed by atoms with Gasteiger partial charge in [0.05, 0.1) is 0 Å². The van der Waals surface area contributed by atoms with E-state index in [-0.39, 0.29) is 0 Å². The van der Waals surface area contributed by atoms with E-state index in [1.807, 2.05) is 0 Å². The Morgan fingerprint density at radius 3 is 2.39 bits per heavy atom. The summed E-state index contributed by atoms with van der Waals surface area (Å²) in [5.74, 6) is -0.995. The zero-order valence-electron chi connectivity index (χ0n) is 10.9. The summed E-state index contributed by atoms with van der Waals surface area (Å²) in [6, 6.07) is 0. The van der Waals surface area contributed by atoms with Crippen LogP contribution in [0, 0.1) is 0 Å². The Bertz CT molecular complexity index is 388. The zero-order valence-corrected chi connectivity index (χ0v) is 10.9. The minimum Gasteiger partial charge on any atom is -0.457 e. The molecule has 4 atom stereocenters. The van der Waals surface area contributed by atoms with Crippen LogP contribution in [-0.4, -0.2) is 41.3 Å². The Morgan fingerprint density at radius 2 is 1.83 bits per heavy atom. The lowest BCUT2D eigenvalue weighted by Crippen LogP contribution is -2.36. The molecule has 2 fully saturated rings. The van der Waals surface area contributed by atoms with E-state index in [1.165, 1.54) is 6.26 Å². The fraction of sp³-hybridized carbons (Fsp3) is 0.833. The molecule has 1 N–H and O–H groups in total. The van der Waals surface area contributed by atoms with E-state index < -0.39 is 36.2 Å². The van der Waals surface area contributed by atoms with Crippen LogP contribution >= 0.6 is 0 Å². The quantitative estimate of drug-likeness (QED) is 0.752. The molecule has 6 nitrogen and oxygen atoms in total. The fourth-order valence-electron chi connectivity index (χ4n) is 2.38. The third-order valence-electron chi connectivity index (χ3n) is 3.12. The van der Waals surface area contributed by atoms with Crippen molar-refractivity contribution >= 4 is 0 Å². The minimum atomic E-state index is -0.833. The maximum Gasteiger partial charge on any atom is 0.244 e. The van der Waals surface area contributed by atoms with E-state index in [1.54, 1.807) is 27.7 Å². The smallest absolute Gasteiger partial charge is 0.244 e. The van der Waals surface area contributed by atoms with Crippen LogP contribution in [0.5, 0.6) is 0 Å². The third-order valence-corrected chi connectivity index (χ3v) is 3.12. The Morgan fingerprint density at radius 1 is 1.11 bits per heavy atom. The molecule has 6 heteroatoms. The van der Waals surface area contributed by atoms with Crippen molar-refractivity contribution in [2.24, 2.45) is 0 Å². The predicted octanol–water partition coefficient (Wildman–Crippen LogP) is 0.848. The first-order valence-corrected chi connectivity index (χ1v) is 6.03. The molecule has 2 saturated heterocycles. The molecule has 18 heavy (non-hydrogen) atoms. The van der Waals surface area contributed by atoms with E-state index in [9.17, 15) is 5.11 Å². The second kappa shape index (κ2) is 3.60. The van der Waals surface area contributed by atoms with Gasteiger partial charge >= 0.3 is 0 Å². The molecule has 102 valence electrons. The van der Waals surface area contributed by atoms with Gasteiger partial charge in [0.25, 0.3) is 0 Å². The van der Waals surface area contributed by atoms with Gasteiger partial charge in [0.15, 0.2) is 17.8 Å². The Hall–Kier alpha value is -0.820. The monoisotopic (exact) mass is 258 g/mol. The molecule has 3 aliphatic heterocycles. The van der Waals surface area contributed by atoms with Gasteiger partial charge in [-0.15, -0.1) is 0 Å². The topological polar surface area (TPSA) is 66.4 Å². The molecule has 0 aromatic heterocycles. The highest BCUT2D eigenvalue weighted by Crippen LogP contribution is 2.41. The first-order valence-electron chi connectivity index (χ1n) is 6.03. The Kier molecular flexibility index (Phi) is 2.45. The molecule has 0 unspecified atom stereocenters. The molecule has 3 aliphatic rings. The second-order valence-corrected chi connectivity index (χ2v) is 5.66. The number of rotatable bonds is 1. The summed E-state index contributed by atoms with van der Waals surface area (Å²) < 4.78 is 27.7. The van der Waals surface area contributed by atoms with Gasteiger partial charge in [-0.1, -0.05) is 0 Å². The van der Waals surface area contributed by atoms with E-state index in [4.69, 9.17) is 23.7 Å². The van der Waals surface area contributed by atoms with E-state index in [0.717, 1.165) is 0 Å². The van der Waals surface area contributed by atoms with Gasteiger partial charge in [-0.3, -0.25) is 0 Å². The summed E-state index contributed by atoms with van der Waals surface area (Å²) >= 11 is 0. The summed E-state index contributed by atoms with van der Waals surface area (Å²) in [7, 11) is 0. The van der Waals surface area contributed by atoms with Gasteiger partial charge in [-0.2, -0.15) is 0 Å². The van der Waals surface area contributed by atoms with Crippen molar-refractivity contribution in [2.75, 3.05) is 0 Å². The van der Waals surface area contributed by atoms with Crippen LogP contribution < -0.4 is 0 Å². The lowest BCUT2D eigenvalue weighted by molar-refractivity contribution is -0.217. The van der Waals surface area contributed by atoms with Crippen LogP contribution in [0.15, 0.2) is 12.0 Å². The van der Waals surface area contributed by atoms with E-state index >= 15 is 0 Å². The molecule has 0 saturated carbocycles. The van der Waals surface area contributed by atoms with Crippen molar-refractivity contribution in [1.29, 1.82) is 0 Å². The van der Waals surface area contributed by atoms with Crippen molar-refractivity contribution in [2.45, 2.75) is 63.9 Å². The van der Waals surface area contributed by atoms with Crippen LogP contribution in [0.3, 0.4) is 0 Å². The average Bonchev–Trinajstić information content (AvgIpc) is 2.81. The molecule has 0 spiro atoms. The number of hydrogen-bond donors (Lipinski definition) is 1. The number of fused-ring (bicyclic) bond motifs is 1. The summed E-state index contributed by atoms with van der Waals surface area (Å²) in [6.45, 7) is 7.14. The zero-order chi connectivity index (χ0) is 13.1. The number of aliphatic hydroxyl groups is 1. The molecular formula is C12H18O6. The standard InChI is InChI=1S/C12H18O6/c1-11(2)14-5-6(16-11)8-7(13)9-10(15-8)18-12(3,4)17-9/h5,7-10,13H,1-4H3/t7-,8-,9-,10-/m1/s1. The average molecular weight is 258 g/mol. The molecule has 0 amide bonds. The maximum absolute atomic E-state index is 10.2. The second-order valence-electron chi connectivity index (χ2n) is 5.66. The van der Waals surface area contributed by atoms with Crippen LogP contribution in [0.1, 0.15) is 27.7 Å². The molecular weight excluding hydrogens is 240 g/mol. The van der Waals surface area contributed by atoms with E-state index in [2.05, 4.69) is 0 Å². The highest BCUT2D eigenvalue weighted by atomic mass is 16.8. The lowest BCUT2D eigenvalue weighted by atomic mass is 10.1. The minimum absolute atomic E-state index is 0.465. The fourth-order valence-corrected chi connectivity index (χ4v) is 2.38. The summed E-state index contributed by atoms with van der Waals surface area (Å²) in [4.78, 5) is 0. The van der Waals surface area contributed by atoms with Gasteiger partial charge in [-0.05, 0) is 13.8 Å². The highest BCUT2D eigenvalue weighted by molar-refractivity contribution is 5.10. The maximum atomic E-state index is 10.2. The third kappa shape index (κ3) is 1.89. The Balaban J connectivity index is 1.72. The number of aliphatic hydroxyl groups excluding tert-OH is 1. The van der Waals surface area contributed by atoms with Gasteiger partial charge in [0, 0.05) is 13.8 Å². The lowest BCUT2D eigenvalue weighted by Gasteiger charge is -2.24. The first-order chi connectivity index (χ1) is 8.27. The van der Waals surface area contributed by atoms with Crippen molar-refractivity contribution < 1.29 is 28.8 Å². The normalized spacial score (nSPS) is 44.2. The van der Waals surface area contributed by atoms with Crippen LogP contribution in [0.2, 0.25) is 0 Å². The largest absolute Gasteiger partial charge is 0.457 e.